The minimum absolute atomic E-state index is 0.150. The first-order valence-corrected chi connectivity index (χ1v) is 6.84. The van der Waals surface area contributed by atoms with E-state index in [0.29, 0.717) is 24.9 Å². The number of benzene rings is 1. The Labute approximate surface area is 122 Å². The maximum absolute atomic E-state index is 11.7. The van der Waals surface area contributed by atoms with Crippen molar-refractivity contribution in [2.45, 2.75) is 12.8 Å². The highest BCUT2D eigenvalue weighted by Crippen LogP contribution is 2.38. The topological polar surface area (TPSA) is 95.5 Å². The Morgan fingerprint density at radius 3 is 2.67 bits per heavy atom. The van der Waals surface area contributed by atoms with E-state index in [1.54, 1.807) is 25.2 Å². The third-order valence-corrected chi connectivity index (χ3v) is 3.57. The monoisotopic (exact) mass is 290 g/mol. The number of amides is 2. The number of hydrogen-bond acceptors (Lipinski definition) is 3. The van der Waals surface area contributed by atoms with Gasteiger partial charge in [-0.15, -0.1) is 0 Å². The lowest BCUT2D eigenvalue weighted by Gasteiger charge is -2.06. The van der Waals surface area contributed by atoms with Crippen LogP contribution in [0.25, 0.3) is 0 Å². The normalized spacial score (nSPS) is 19.7. The van der Waals surface area contributed by atoms with Gasteiger partial charge in [0, 0.05) is 19.2 Å². The zero-order chi connectivity index (χ0) is 15.4. The van der Waals surface area contributed by atoms with E-state index in [1.807, 2.05) is 6.07 Å². The second-order valence-corrected chi connectivity index (χ2v) is 5.11. The van der Waals surface area contributed by atoms with Crippen LogP contribution in [0.2, 0.25) is 0 Å². The van der Waals surface area contributed by atoms with Gasteiger partial charge in [-0.2, -0.15) is 0 Å². The molecule has 0 bridgehead atoms. The number of nitrogens with one attached hydrogen (secondary N) is 2. The number of aliphatic carboxylic acids is 1. The van der Waals surface area contributed by atoms with Crippen LogP contribution in [0, 0.1) is 11.8 Å². The molecule has 0 saturated heterocycles. The molecule has 112 valence electrons. The smallest absolute Gasteiger partial charge is 0.307 e. The van der Waals surface area contributed by atoms with Crippen molar-refractivity contribution in [1.29, 1.82) is 0 Å². The number of carboxylic acid groups (broad SMARTS) is 1. The molecule has 1 aromatic carbocycles. The van der Waals surface area contributed by atoms with Gasteiger partial charge in [-0.05, 0) is 30.5 Å². The molecule has 6 heteroatoms. The molecular weight excluding hydrogens is 272 g/mol. The van der Waals surface area contributed by atoms with Crippen LogP contribution in [0.1, 0.15) is 22.3 Å². The Morgan fingerprint density at radius 2 is 2.05 bits per heavy atom. The average molecular weight is 290 g/mol. The quantitative estimate of drug-likeness (QED) is 0.708. The molecule has 0 aromatic heterocycles. The van der Waals surface area contributed by atoms with Crippen LogP contribution in [0.3, 0.4) is 0 Å². The fourth-order valence-corrected chi connectivity index (χ4v) is 2.23. The minimum atomic E-state index is -0.909. The summed E-state index contributed by atoms with van der Waals surface area (Å²) in [4.78, 5) is 33.9. The van der Waals surface area contributed by atoms with E-state index in [9.17, 15) is 14.4 Å². The number of rotatable bonds is 6. The van der Waals surface area contributed by atoms with Gasteiger partial charge in [0.15, 0.2) is 0 Å². The van der Waals surface area contributed by atoms with Gasteiger partial charge < -0.3 is 15.7 Å². The van der Waals surface area contributed by atoms with E-state index >= 15 is 0 Å². The summed E-state index contributed by atoms with van der Waals surface area (Å²) < 4.78 is 0. The molecule has 1 aliphatic carbocycles. The van der Waals surface area contributed by atoms with Crippen LogP contribution in [0.15, 0.2) is 24.3 Å². The molecule has 0 radical (unpaired) electrons. The molecule has 2 unspecified atom stereocenters. The maximum atomic E-state index is 11.7. The van der Waals surface area contributed by atoms with Gasteiger partial charge in [-0.1, -0.05) is 12.1 Å². The minimum Gasteiger partial charge on any atom is -0.481 e. The fourth-order valence-electron chi connectivity index (χ4n) is 2.23. The summed E-state index contributed by atoms with van der Waals surface area (Å²) in [6.07, 6.45) is 1.02. The Balaban J connectivity index is 1.80. The highest BCUT2D eigenvalue weighted by atomic mass is 16.4. The van der Waals surface area contributed by atoms with Crippen molar-refractivity contribution in [2.75, 3.05) is 13.6 Å². The second-order valence-electron chi connectivity index (χ2n) is 5.11. The maximum Gasteiger partial charge on any atom is 0.307 e. The van der Waals surface area contributed by atoms with Crippen molar-refractivity contribution < 1.29 is 19.5 Å². The Kier molecular flexibility index (Phi) is 4.57. The van der Waals surface area contributed by atoms with Gasteiger partial charge in [0.1, 0.15) is 0 Å². The van der Waals surface area contributed by atoms with Gasteiger partial charge in [0.25, 0.3) is 5.91 Å². The van der Waals surface area contributed by atoms with Crippen LogP contribution in [0.4, 0.5) is 0 Å². The third-order valence-electron chi connectivity index (χ3n) is 3.57. The SMILES string of the molecule is CNC(=O)c1cccc(CCNC(=O)C2CC2C(=O)O)c1. The van der Waals surface area contributed by atoms with Crippen molar-refractivity contribution in [3.63, 3.8) is 0 Å². The molecule has 2 atom stereocenters. The van der Waals surface area contributed by atoms with E-state index < -0.39 is 11.9 Å². The number of carboxylic acids is 1. The summed E-state index contributed by atoms with van der Waals surface area (Å²) >= 11 is 0. The van der Waals surface area contributed by atoms with Crippen molar-refractivity contribution in [3.8, 4) is 0 Å². The molecule has 0 heterocycles. The largest absolute Gasteiger partial charge is 0.481 e. The molecule has 3 N–H and O–H groups in total. The van der Waals surface area contributed by atoms with Crippen LogP contribution >= 0.6 is 0 Å². The summed E-state index contributed by atoms with van der Waals surface area (Å²) in [5.74, 6) is -2.18. The van der Waals surface area contributed by atoms with Gasteiger partial charge >= 0.3 is 5.97 Å². The molecule has 2 amide bonds. The van der Waals surface area contributed by atoms with Crippen molar-refractivity contribution >= 4 is 17.8 Å². The van der Waals surface area contributed by atoms with Crippen molar-refractivity contribution in [2.24, 2.45) is 11.8 Å². The number of carbonyl (C=O) groups is 3. The van der Waals surface area contributed by atoms with E-state index in [2.05, 4.69) is 10.6 Å². The van der Waals surface area contributed by atoms with E-state index in [1.165, 1.54) is 0 Å². The van der Waals surface area contributed by atoms with Gasteiger partial charge in [-0.3, -0.25) is 14.4 Å². The molecule has 2 rings (SSSR count). The number of carbonyl (C=O) groups excluding carboxylic acids is 2. The second kappa shape index (κ2) is 6.39. The molecule has 6 nitrogen and oxygen atoms in total. The first-order chi connectivity index (χ1) is 10.0. The lowest BCUT2D eigenvalue weighted by Crippen LogP contribution is -2.28. The van der Waals surface area contributed by atoms with Crippen LogP contribution in [-0.4, -0.2) is 36.5 Å². The summed E-state index contributed by atoms with van der Waals surface area (Å²) in [5, 5.41) is 14.1. The van der Waals surface area contributed by atoms with Gasteiger partial charge in [0.2, 0.25) is 5.91 Å². The Morgan fingerprint density at radius 1 is 1.29 bits per heavy atom. The van der Waals surface area contributed by atoms with Gasteiger partial charge in [0.05, 0.1) is 11.8 Å². The molecule has 1 aromatic rings. The van der Waals surface area contributed by atoms with E-state index in [4.69, 9.17) is 5.11 Å². The first-order valence-electron chi connectivity index (χ1n) is 6.84. The fraction of sp³-hybridized carbons (Fsp3) is 0.400. The Bertz CT molecular complexity index is 571. The summed E-state index contributed by atoms with van der Waals surface area (Å²) in [5.41, 5.74) is 1.52. The molecular formula is C15H18N2O4. The lowest BCUT2D eigenvalue weighted by atomic mass is 10.1. The predicted molar refractivity (Wildman–Crippen MR) is 75.8 cm³/mol. The van der Waals surface area contributed by atoms with Crippen LogP contribution in [-0.2, 0) is 16.0 Å². The van der Waals surface area contributed by atoms with E-state index in [-0.39, 0.29) is 17.7 Å². The standard InChI is InChI=1S/C15H18N2O4/c1-16-13(18)10-4-2-3-9(7-10)5-6-17-14(19)11-8-12(11)15(20)21/h2-4,7,11-12H,5-6,8H2,1H3,(H,16,18)(H,17,19)(H,20,21). The lowest BCUT2D eigenvalue weighted by molar-refractivity contribution is -0.140. The first kappa shape index (κ1) is 15.0. The Hall–Kier alpha value is -2.37. The van der Waals surface area contributed by atoms with Crippen molar-refractivity contribution in [3.05, 3.63) is 35.4 Å². The van der Waals surface area contributed by atoms with Crippen LogP contribution < -0.4 is 10.6 Å². The van der Waals surface area contributed by atoms with Gasteiger partial charge in [-0.25, -0.2) is 0 Å². The summed E-state index contributed by atoms with van der Waals surface area (Å²) in [6.45, 7) is 0.429. The molecule has 1 fully saturated rings. The predicted octanol–water partition coefficient (Wildman–Crippen LogP) is 0.426. The molecule has 1 saturated carbocycles. The van der Waals surface area contributed by atoms with Crippen LogP contribution in [0.5, 0.6) is 0 Å². The molecule has 21 heavy (non-hydrogen) atoms. The third kappa shape index (κ3) is 3.81. The highest BCUT2D eigenvalue weighted by Gasteiger charge is 2.48. The summed E-state index contributed by atoms with van der Waals surface area (Å²) in [7, 11) is 1.57. The molecule has 0 aliphatic heterocycles. The molecule has 0 spiro atoms. The number of hydrogen-bond donors (Lipinski definition) is 3. The molecule has 1 aliphatic rings. The van der Waals surface area contributed by atoms with Crippen molar-refractivity contribution in [1.82, 2.24) is 10.6 Å². The summed E-state index contributed by atoms with van der Waals surface area (Å²) in [6, 6.07) is 7.18. The highest BCUT2D eigenvalue weighted by molar-refractivity contribution is 5.94. The van der Waals surface area contributed by atoms with E-state index in [0.717, 1.165) is 5.56 Å². The zero-order valence-electron chi connectivity index (χ0n) is 11.8. The zero-order valence-corrected chi connectivity index (χ0v) is 11.8. The average Bonchev–Trinajstić information content (AvgIpc) is 3.27.